The van der Waals surface area contributed by atoms with E-state index in [0.717, 1.165) is 35.7 Å². The van der Waals surface area contributed by atoms with Crippen molar-refractivity contribution in [3.63, 3.8) is 0 Å². The Morgan fingerprint density at radius 1 is 0.969 bits per heavy atom. The minimum absolute atomic E-state index is 0.113. The third-order valence-corrected chi connectivity index (χ3v) is 6.54. The second-order valence-corrected chi connectivity index (χ2v) is 8.84. The van der Waals surface area contributed by atoms with E-state index < -0.39 is 0 Å². The Balaban J connectivity index is 1.48. The highest BCUT2D eigenvalue weighted by Gasteiger charge is 2.34. The van der Waals surface area contributed by atoms with E-state index in [-0.39, 0.29) is 11.8 Å². The molecule has 0 radical (unpaired) electrons. The molecule has 0 saturated carbocycles. The van der Waals surface area contributed by atoms with E-state index >= 15 is 0 Å². The number of nitrogens with zero attached hydrogens (tertiary/aromatic N) is 3. The number of carbonyl (C=O) groups excluding carboxylic acids is 1. The number of ether oxygens (including phenoxy) is 1. The molecule has 1 aromatic heterocycles. The zero-order valence-corrected chi connectivity index (χ0v) is 19.4. The Kier molecular flexibility index (Phi) is 7.46. The fourth-order valence-electron chi connectivity index (χ4n) is 4.76. The lowest BCUT2D eigenvalue weighted by molar-refractivity contribution is -0.117. The molecule has 170 valence electrons. The molecule has 2 aromatic carbocycles. The van der Waals surface area contributed by atoms with Gasteiger partial charge in [0.2, 0.25) is 5.91 Å². The third-order valence-electron chi connectivity index (χ3n) is 6.54. The van der Waals surface area contributed by atoms with Crippen molar-refractivity contribution in [2.75, 3.05) is 18.6 Å². The summed E-state index contributed by atoms with van der Waals surface area (Å²) in [6.07, 6.45) is 9.52. The van der Waals surface area contributed by atoms with Crippen molar-refractivity contribution >= 4 is 22.6 Å². The summed E-state index contributed by atoms with van der Waals surface area (Å²) in [5.41, 5.74) is 3.14. The zero-order valence-electron chi connectivity index (χ0n) is 19.4. The van der Waals surface area contributed by atoms with Crippen LogP contribution in [0.4, 0.5) is 5.69 Å². The molecule has 0 bridgehead atoms. The molecular formula is C27H35N3O2. The monoisotopic (exact) mass is 433 g/mol. The molecular weight excluding hydrogens is 398 g/mol. The van der Waals surface area contributed by atoms with Gasteiger partial charge in [0, 0.05) is 31.1 Å². The topological polar surface area (TPSA) is 47.4 Å². The number of carbonyl (C=O) groups is 1. The number of unbranched alkanes of at least 4 members (excludes halogenated alkanes) is 6. The molecule has 32 heavy (non-hydrogen) atoms. The van der Waals surface area contributed by atoms with Gasteiger partial charge in [-0.1, -0.05) is 57.6 Å². The van der Waals surface area contributed by atoms with Gasteiger partial charge in [0.15, 0.2) is 0 Å². The summed E-state index contributed by atoms with van der Waals surface area (Å²) >= 11 is 0. The average molecular weight is 434 g/mol. The fourth-order valence-corrected chi connectivity index (χ4v) is 4.76. The van der Waals surface area contributed by atoms with Gasteiger partial charge in [-0.15, -0.1) is 0 Å². The Bertz CT molecular complexity index is 1030. The van der Waals surface area contributed by atoms with Gasteiger partial charge in [0.05, 0.1) is 18.1 Å². The van der Waals surface area contributed by atoms with Crippen molar-refractivity contribution in [3.05, 3.63) is 54.4 Å². The van der Waals surface area contributed by atoms with Gasteiger partial charge in [0.25, 0.3) is 0 Å². The molecule has 3 aromatic rings. The Labute approximate surface area is 191 Å². The van der Waals surface area contributed by atoms with E-state index in [1.165, 1.54) is 44.0 Å². The van der Waals surface area contributed by atoms with E-state index in [0.29, 0.717) is 13.0 Å². The van der Waals surface area contributed by atoms with Crippen molar-refractivity contribution in [1.29, 1.82) is 0 Å². The largest absolute Gasteiger partial charge is 0.497 e. The minimum Gasteiger partial charge on any atom is -0.497 e. The number of hydrogen-bond donors (Lipinski definition) is 0. The Morgan fingerprint density at radius 2 is 1.69 bits per heavy atom. The van der Waals surface area contributed by atoms with Crippen LogP contribution in [0.25, 0.3) is 11.0 Å². The molecule has 1 amide bonds. The summed E-state index contributed by atoms with van der Waals surface area (Å²) in [6, 6.07) is 16.1. The molecule has 2 heterocycles. The van der Waals surface area contributed by atoms with Crippen LogP contribution in [0.3, 0.4) is 0 Å². The van der Waals surface area contributed by atoms with E-state index in [2.05, 4.69) is 29.7 Å². The first kappa shape index (κ1) is 22.4. The van der Waals surface area contributed by atoms with Gasteiger partial charge in [-0.25, -0.2) is 4.98 Å². The first-order chi connectivity index (χ1) is 15.7. The smallest absolute Gasteiger partial charge is 0.227 e. The fraction of sp³-hybridized carbons (Fsp3) is 0.481. The Hall–Kier alpha value is -2.82. The lowest BCUT2D eigenvalue weighted by Gasteiger charge is -2.18. The van der Waals surface area contributed by atoms with Crippen LogP contribution in [0, 0.1) is 0 Å². The molecule has 1 atom stereocenters. The van der Waals surface area contributed by atoms with Crippen LogP contribution in [0.15, 0.2) is 48.5 Å². The number of hydrogen-bond acceptors (Lipinski definition) is 3. The van der Waals surface area contributed by atoms with Gasteiger partial charge in [-0.3, -0.25) is 4.79 Å². The van der Waals surface area contributed by atoms with E-state index in [4.69, 9.17) is 9.72 Å². The molecule has 1 fully saturated rings. The predicted octanol–water partition coefficient (Wildman–Crippen LogP) is 6.32. The van der Waals surface area contributed by atoms with Gasteiger partial charge in [-0.05, 0) is 42.8 Å². The summed E-state index contributed by atoms with van der Waals surface area (Å²) in [5.74, 6) is 2.13. The van der Waals surface area contributed by atoms with Crippen molar-refractivity contribution in [1.82, 2.24) is 9.55 Å². The number of methoxy groups -OCH3 is 1. The van der Waals surface area contributed by atoms with Crippen LogP contribution in [-0.2, 0) is 11.3 Å². The molecule has 0 aliphatic carbocycles. The second-order valence-electron chi connectivity index (χ2n) is 8.84. The zero-order chi connectivity index (χ0) is 22.3. The van der Waals surface area contributed by atoms with Crippen LogP contribution < -0.4 is 9.64 Å². The highest BCUT2D eigenvalue weighted by Crippen LogP contribution is 2.34. The van der Waals surface area contributed by atoms with Crippen molar-refractivity contribution < 1.29 is 9.53 Å². The third kappa shape index (κ3) is 4.98. The molecule has 0 unspecified atom stereocenters. The van der Waals surface area contributed by atoms with E-state index in [1.807, 2.05) is 35.2 Å². The van der Waals surface area contributed by atoms with E-state index in [1.54, 1.807) is 7.11 Å². The normalized spacial score (nSPS) is 16.2. The van der Waals surface area contributed by atoms with Gasteiger partial charge >= 0.3 is 0 Å². The molecule has 0 N–H and O–H groups in total. The quantitative estimate of drug-likeness (QED) is 0.333. The van der Waals surface area contributed by atoms with Crippen LogP contribution in [0.2, 0.25) is 0 Å². The number of aryl methyl sites for hydroxylation is 1. The van der Waals surface area contributed by atoms with Gasteiger partial charge in [-0.2, -0.15) is 0 Å². The maximum absolute atomic E-state index is 12.9. The van der Waals surface area contributed by atoms with Crippen LogP contribution in [0.1, 0.15) is 70.0 Å². The van der Waals surface area contributed by atoms with Crippen LogP contribution in [0.5, 0.6) is 5.75 Å². The number of para-hydroxylation sites is 2. The summed E-state index contributed by atoms with van der Waals surface area (Å²) in [4.78, 5) is 19.8. The SMILES string of the molecule is CCCCCCCCCn1c([C@H]2CC(=O)N(c3ccc(OC)cc3)C2)nc2ccccc21. The molecule has 5 nitrogen and oxygen atoms in total. The minimum atomic E-state index is 0.113. The second kappa shape index (κ2) is 10.7. The maximum Gasteiger partial charge on any atom is 0.227 e. The lowest BCUT2D eigenvalue weighted by Crippen LogP contribution is -2.24. The molecule has 5 heteroatoms. The molecule has 4 rings (SSSR count). The number of fused-ring (bicyclic) bond motifs is 1. The Morgan fingerprint density at radius 3 is 2.44 bits per heavy atom. The number of amides is 1. The van der Waals surface area contributed by atoms with Gasteiger partial charge in [0.1, 0.15) is 11.6 Å². The van der Waals surface area contributed by atoms with E-state index in [9.17, 15) is 4.79 Å². The number of aromatic nitrogens is 2. The first-order valence-electron chi connectivity index (χ1n) is 12.1. The van der Waals surface area contributed by atoms with Crippen LogP contribution >= 0.6 is 0 Å². The number of rotatable bonds is 11. The molecule has 1 saturated heterocycles. The number of benzene rings is 2. The lowest BCUT2D eigenvalue weighted by atomic mass is 10.1. The maximum atomic E-state index is 12.9. The average Bonchev–Trinajstić information content (AvgIpc) is 3.39. The van der Waals surface area contributed by atoms with Crippen molar-refractivity contribution in [2.45, 2.75) is 70.8 Å². The highest BCUT2D eigenvalue weighted by atomic mass is 16.5. The predicted molar refractivity (Wildman–Crippen MR) is 130 cm³/mol. The first-order valence-corrected chi connectivity index (χ1v) is 12.1. The number of anilines is 1. The standard InChI is InChI=1S/C27H35N3O2/c1-3-4-5-6-7-8-11-18-29-25-13-10-9-12-24(25)28-27(29)21-19-26(31)30(20-21)22-14-16-23(32-2)17-15-22/h9-10,12-17,21H,3-8,11,18-20H2,1-2H3/t21-/m0/s1. The van der Waals surface area contributed by atoms with Crippen LogP contribution in [-0.4, -0.2) is 29.1 Å². The summed E-state index contributed by atoms with van der Waals surface area (Å²) < 4.78 is 7.63. The summed E-state index contributed by atoms with van der Waals surface area (Å²) in [5, 5.41) is 0. The van der Waals surface area contributed by atoms with Crippen molar-refractivity contribution in [3.8, 4) is 5.75 Å². The molecule has 1 aliphatic rings. The van der Waals surface area contributed by atoms with Crippen molar-refractivity contribution in [2.24, 2.45) is 0 Å². The number of imidazole rings is 1. The summed E-state index contributed by atoms with van der Waals surface area (Å²) in [6.45, 7) is 3.90. The summed E-state index contributed by atoms with van der Waals surface area (Å²) in [7, 11) is 1.65. The highest BCUT2D eigenvalue weighted by molar-refractivity contribution is 5.96. The molecule has 1 aliphatic heterocycles. The molecule has 0 spiro atoms. The van der Waals surface area contributed by atoms with Gasteiger partial charge < -0.3 is 14.2 Å².